The lowest BCUT2D eigenvalue weighted by Crippen LogP contribution is -2.54. The number of carbonyl (C=O) groups excluding carboxylic acids is 2. The Balaban J connectivity index is 1.30. The highest BCUT2D eigenvalue weighted by Crippen LogP contribution is 2.61. The molecule has 6 rings (SSSR count). The molecule has 8 heteroatoms. The lowest BCUT2D eigenvalue weighted by atomic mass is 9.45. The molecule has 4 fully saturated rings. The molecular weight excluding hydrogens is 406 g/mol. The molecule has 3 N–H and O–H groups in total. The van der Waals surface area contributed by atoms with Crippen LogP contribution in [0.15, 0.2) is 24.4 Å². The van der Waals surface area contributed by atoms with Crippen LogP contribution in [0.2, 0.25) is 0 Å². The number of morpholine rings is 1. The van der Waals surface area contributed by atoms with Crippen molar-refractivity contribution in [3.8, 4) is 0 Å². The number of nitrogens with zero attached hydrogens (tertiary/aromatic N) is 3. The summed E-state index contributed by atoms with van der Waals surface area (Å²) < 4.78 is 7.27. The van der Waals surface area contributed by atoms with Crippen molar-refractivity contribution < 1.29 is 14.3 Å². The second kappa shape index (κ2) is 8.15. The highest BCUT2D eigenvalue weighted by Gasteiger charge is 2.53. The summed E-state index contributed by atoms with van der Waals surface area (Å²) in [5.41, 5.74) is 7.52. The maximum Gasteiger partial charge on any atom is 0.274 e. The highest BCUT2D eigenvalue weighted by atomic mass is 16.5. The summed E-state index contributed by atoms with van der Waals surface area (Å²) in [4.78, 5) is 32.3. The van der Waals surface area contributed by atoms with Crippen LogP contribution in [-0.2, 0) is 4.74 Å². The third kappa shape index (κ3) is 3.59. The SMILES string of the molecule is CC1(C)[C@H]2CC[C@@H](CNC(=O)c3cccc4nc(C(=O)N5CCOC(CN)C5)cn34)[C@H]1C2. The zero-order valence-electron chi connectivity index (χ0n) is 18.9. The number of pyridine rings is 1. The second-order valence-electron chi connectivity index (χ2n) is 10.2. The minimum atomic E-state index is -0.161. The van der Waals surface area contributed by atoms with Crippen LogP contribution in [0.25, 0.3) is 5.65 Å². The van der Waals surface area contributed by atoms with Crippen molar-refractivity contribution in [3.05, 3.63) is 35.8 Å². The Morgan fingerprint density at radius 1 is 1.31 bits per heavy atom. The number of carbonyl (C=O) groups is 2. The number of amides is 2. The van der Waals surface area contributed by atoms with Crippen molar-refractivity contribution in [3.63, 3.8) is 0 Å². The van der Waals surface area contributed by atoms with Crippen LogP contribution >= 0.6 is 0 Å². The first-order valence-electron chi connectivity index (χ1n) is 11.8. The molecule has 2 amide bonds. The summed E-state index contributed by atoms with van der Waals surface area (Å²) in [7, 11) is 0. The van der Waals surface area contributed by atoms with Gasteiger partial charge in [0.15, 0.2) is 0 Å². The average molecular weight is 440 g/mol. The lowest BCUT2D eigenvalue weighted by Gasteiger charge is -2.60. The molecule has 0 spiro atoms. The Bertz CT molecular complexity index is 1030. The summed E-state index contributed by atoms with van der Waals surface area (Å²) in [5, 5.41) is 3.16. The number of imidazole rings is 1. The number of ether oxygens (including phenoxy) is 1. The van der Waals surface area contributed by atoms with Gasteiger partial charge in [0, 0.05) is 32.4 Å². The fraction of sp³-hybridized carbons (Fsp3) is 0.625. The van der Waals surface area contributed by atoms with Gasteiger partial charge in [-0.25, -0.2) is 4.98 Å². The zero-order chi connectivity index (χ0) is 22.5. The van der Waals surface area contributed by atoms with Crippen LogP contribution in [0.5, 0.6) is 0 Å². The molecule has 2 bridgehead atoms. The first kappa shape index (κ1) is 21.4. The Hall–Kier alpha value is -2.45. The predicted octanol–water partition coefficient (Wildman–Crippen LogP) is 1.94. The van der Waals surface area contributed by atoms with E-state index < -0.39 is 0 Å². The summed E-state index contributed by atoms with van der Waals surface area (Å²) in [6.45, 7) is 7.24. The van der Waals surface area contributed by atoms with E-state index in [0.29, 0.717) is 67.1 Å². The quantitative estimate of drug-likeness (QED) is 0.741. The van der Waals surface area contributed by atoms with Crippen molar-refractivity contribution >= 4 is 17.5 Å². The van der Waals surface area contributed by atoms with Crippen molar-refractivity contribution in [2.45, 2.75) is 39.2 Å². The molecule has 4 atom stereocenters. The molecule has 3 heterocycles. The van der Waals surface area contributed by atoms with Gasteiger partial charge in [0.25, 0.3) is 11.8 Å². The number of aromatic nitrogens is 2. The first-order chi connectivity index (χ1) is 15.4. The van der Waals surface area contributed by atoms with Gasteiger partial charge in [-0.2, -0.15) is 0 Å². The molecule has 32 heavy (non-hydrogen) atoms. The number of hydrogen-bond acceptors (Lipinski definition) is 5. The average Bonchev–Trinajstić information content (AvgIpc) is 3.26. The van der Waals surface area contributed by atoms with Crippen LogP contribution in [0.1, 0.15) is 54.1 Å². The molecular formula is C24H33N5O3. The molecule has 1 aliphatic heterocycles. The Labute approximate surface area is 188 Å². The molecule has 1 unspecified atom stereocenters. The molecule has 4 aliphatic rings. The van der Waals surface area contributed by atoms with Gasteiger partial charge in [0.2, 0.25) is 0 Å². The van der Waals surface area contributed by atoms with Crippen LogP contribution in [0, 0.1) is 23.2 Å². The Morgan fingerprint density at radius 2 is 2.16 bits per heavy atom. The van der Waals surface area contributed by atoms with Crippen LogP contribution in [-0.4, -0.2) is 65.0 Å². The van der Waals surface area contributed by atoms with E-state index in [1.54, 1.807) is 21.6 Å². The van der Waals surface area contributed by atoms with E-state index in [1.807, 2.05) is 12.1 Å². The summed E-state index contributed by atoms with van der Waals surface area (Å²) >= 11 is 0. The van der Waals surface area contributed by atoms with Gasteiger partial charge in [0.1, 0.15) is 17.0 Å². The molecule has 3 saturated carbocycles. The van der Waals surface area contributed by atoms with Gasteiger partial charge in [0.05, 0.1) is 12.7 Å². The maximum absolute atomic E-state index is 13.1. The molecule has 3 aliphatic carbocycles. The van der Waals surface area contributed by atoms with E-state index in [1.165, 1.54) is 19.3 Å². The number of nitrogens with two attached hydrogens (primary N) is 1. The van der Waals surface area contributed by atoms with E-state index in [2.05, 4.69) is 24.1 Å². The number of hydrogen-bond donors (Lipinski definition) is 2. The monoisotopic (exact) mass is 439 g/mol. The smallest absolute Gasteiger partial charge is 0.274 e. The van der Waals surface area contributed by atoms with Crippen molar-refractivity contribution in [1.82, 2.24) is 19.6 Å². The van der Waals surface area contributed by atoms with Crippen molar-refractivity contribution in [2.75, 3.05) is 32.8 Å². The fourth-order valence-electron chi connectivity index (χ4n) is 6.03. The topological polar surface area (TPSA) is 102 Å². The predicted molar refractivity (Wildman–Crippen MR) is 120 cm³/mol. The minimum absolute atomic E-state index is 0.124. The largest absolute Gasteiger partial charge is 0.373 e. The zero-order valence-corrected chi connectivity index (χ0v) is 18.9. The molecule has 2 aromatic heterocycles. The molecule has 1 saturated heterocycles. The van der Waals surface area contributed by atoms with Gasteiger partial charge in [-0.15, -0.1) is 0 Å². The van der Waals surface area contributed by atoms with E-state index in [0.717, 1.165) is 5.92 Å². The van der Waals surface area contributed by atoms with E-state index in [-0.39, 0.29) is 17.9 Å². The number of rotatable bonds is 5. The Kier molecular flexibility index (Phi) is 5.45. The van der Waals surface area contributed by atoms with E-state index in [4.69, 9.17) is 10.5 Å². The van der Waals surface area contributed by atoms with Crippen LogP contribution in [0.3, 0.4) is 0 Å². The summed E-state index contributed by atoms with van der Waals surface area (Å²) in [6, 6.07) is 5.40. The van der Waals surface area contributed by atoms with Gasteiger partial charge >= 0.3 is 0 Å². The maximum atomic E-state index is 13.1. The number of nitrogens with one attached hydrogen (secondary N) is 1. The van der Waals surface area contributed by atoms with Crippen molar-refractivity contribution in [2.24, 2.45) is 28.9 Å². The highest BCUT2D eigenvalue weighted by molar-refractivity contribution is 5.95. The third-order valence-corrected chi connectivity index (χ3v) is 8.16. The third-order valence-electron chi connectivity index (χ3n) is 8.16. The van der Waals surface area contributed by atoms with Crippen molar-refractivity contribution in [1.29, 1.82) is 0 Å². The molecule has 0 aromatic carbocycles. The molecule has 2 aromatic rings. The second-order valence-corrected chi connectivity index (χ2v) is 10.2. The van der Waals surface area contributed by atoms with Gasteiger partial charge in [-0.1, -0.05) is 19.9 Å². The van der Waals surface area contributed by atoms with Gasteiger partial charge in [-0.3, -0.25) is 14.0 Å². The lowest BCUT2D eigenvalue weighted by molar-refractivity contribution is -0.103. The molecule has 0 radical (unpaired) electrons. The summed E-state index contributed by atoms with van der Waals surface area (Å²) in [5.74, 6) is 1.80. The minimum Gasteiger partial charge on any atom is -0.373 e. The molecule has 8 nitrogen and oxygen atoms in total. The van der Waals surface area contributed by atoms with Gasteiger partial charge < -0.3 is 20.7 Å². The van der Waals surface area contributed by atoms with Crippen LogP contribution in [0.4, 0.5) is 0 Å². The first-order valence-corrected chi connectivity index (χ1v) is 11.8. The molecule has 172 valence electrons. The Morgan fingerprint density at radius 3 is 2.91 bits per heavy atom. The van der Waals surface area contributed by atoms with Gasteiger partial charge in [-0.05, 0) is 54.6 Å². The van der Waals surface area contributed by atoms with Crippen LogP contribution < -0.4 is 11.1 Å². The normalized spacial score (nSPS) is 28.9. The van der Waals surface area contributed by atoms with E-state index >= 15 is 0 Å². The fourth-order valence-corrected chi connectivity index (χ4v) is 6.03. The summed E-state index contributed by atoms with van der Waals surface area (Å²) in [6.07, 6.45) is 5.26. The number of fused-ring (bicyclic) bond motifs is 3. The standard InChI is InChI=1S/C24H33N5O3/c1-24(2)16-7-6-15(18(24)10-16)12-26-22(30)20-4-3-5-21-27-19(14-29(20)21)23(31)28-8-9-32-17(11-25)13-28/h3-5,14-18H,6-13,25H2,1-2H3,(H,26,30)/t15-,16-,17?,18+/m0/s1. The van der Waals surface area contributed by atoms with E-state index in [9.17, 15) is 9.59 Å².